The lowest BCUT2D eigenvalue weighted by Crippen LogP contribution is -2.28. The van der Waals surface area contributed by atoms with Crippen LogP contribution in [0.4, 0.5) is 0 Å². The van der Waals surface area contributed by atoms with Crippen LogP contribution >= 0.6 is 0 Å². The second kappa shape index (κ2) is 38.0. The summed E-state index contributed by atoms with van der Waals surface area (Å²) in [7, 11) is 0. The Bertz CT molecular complexity index is 1020. The number of aliphatic hydroxyl groups is 1. The number of hydrogen-bond acceptors (Lipinski definition) is 5. The molecule has 48 heavy (non-hydrogen) atoms. The highest BCUT2D eigenvalue weighted by Crippen LogP contribution is 2.06. The summed E-state index contributed by atoms with van der Waals surface area (Å²) in [5.74, 6) is -0.739. The summed E-state index contributed by atoms with van der Waals surface area (Å²) in [5, 5.41) is 9.52. The predicted molar refractivity (Wildman–Crippen MR) is 205 cm³/mol. The number of aliphatic hydroxyl groups excluding tert-OH is 1. The van der Waals surface area contributed by atoms with Gasteiger partial charge >= 0.3 is 11.9 Å². The van der Waals surface area contributed by atoms with Crippen molar-refractivity contribution in [3.63, 3.8) is 0 Å². The fourth-order valence-electron chi connectivity index (χ4n) is 4.28. The molecule has 0 spiro atoms. The normalized spacial score (nSPS) is 13.5. The fourth-order valence-corrected chi connectivity index (χ4v) is 4.28. The Morgan fingerprint density at radius 1 is 0.500 bits per heavy atom. The van der Waals surface area contributed by atoms with Crippen molar-refractivity contribution in [1.29, 1.82) is 0 Å². The van der Waals surface area contributed by atoms with E-state index in [1.54, 1.807) is 0 Å². The predicted octanol–water partition coefficient (Wildman–Crippen LogP) is 11.5. The third kappa shape index (κ3) is 35.4. The van der Waals surface area contributed by atoms with E-state index in [2.05, 4.69) is 123 Å². The summed E-state index contributed by atoms with van der Waals surface area (Å²) in [4.78, 5) is 24.2. The third-order valence-corrected chi connectivity index (χ3v) is 7.05. The first-order valence-corrected chi connectivity index (χ1v) is 18.4. The van der Waals surface area contributed by atoms with Gasteiger partial charge < -0.3 is 14.6 Å². The molecule has 5 heteroatoms. The second-order valence-corrected chi connectivity index (χ2v) is 11.6. The summed E-state index contributed by atoms with van der Waals surface area (Å²) < 4.78 is 10.5. The molecule has 0 heterocycles. The fraction of sp³-hybridized carbons (Fsp3) is 0.535. The van der Waals surface area contributed by atoms with Crippen LogP contribution in [0.25, 0.3) is 0 Å². The van der Waals surface area contributed by atoms with Gasteiger partial charge in [0.15, 0.2) is 6.10 Å². The van der Waals surface area contributed by atoms with Crippen molar-refractivity contribution < 1.29 is 24.2 Å². The van der Waals surface area contributed by atoms with Crippen LogP contribution in [0, 0.1) is 0 Å². The Kier molecular flexibility index (Phi) is 35.3. The van der Waals surface area contributed by atoms with Crippen LogP contribution in [0.15, 0.2) is 109 Å². The summed E-state index contributed by atoms with van der Waals surface area (Å²) in [5.41, 5.74) is 0. The Morgan fingerprint density at radius 3 is 1.27 bits per heavy atom. The highest BCUT2D eigenvalue weighted by molar-refractivity contribution is 5.70. The lowest BCUT2D eigenvalue weighted by molar-refractivity contribution is -0.161. The van der Waals surface area contributed by atoms with Gasteiger partial charge in [-0.2, -0.15) is 0 Å². The Labute approximate surface area is 293 Å². The van der Waals surface area contributed by atoms with Crippen molar-refractivity contribution in [2.24, 2.45) is 0 Å². The van der Waals surface area contributed by atoms with Gasteiger partial charge in [-0.25, -0.2) is 0 Å². The topological polar surface area (TPSA) is 72.8 Å². The molecule has 0 unspecified atom stereocenters. The van der Waals surface area contributed by atoms with Gasteiger partial charge in [0.05, 0.1) is 6.61 Å². The molecule has 0 saturated carbocycles. The van der Waals surface area contributed by atoms with E-state index in [-0.39, 0.29) is 32.0 Å². The number of ether oxygens (including phenoxy) is 2. The maximum absolute atomic E-state index is 12.1. The van der Waals surface area contributed by atoms with Crippen LogP contribution in [0.5, 0.6) is 0 Å². The smallest absolute Gasteiger partial charge is 0.306 e. The molecule has 0 aliphatic carbocycles. The minimum Gasteiger partial charge on any atom is -0.462 e. The van der Waals surface area contributed by atoms with Crippen molar-refractivity contribution in [3.8, 4) is 0 Å². The van der Waals surface area contributed by atoms with Crippen LogP contribution in [0.1, 0.15) is 129 Å². The first kappa shape index (κ1) is 44.6. The van der Waals surface area contributed by atoms with Crippen molar-refractivity contribution in [3.05, 3.63) is 109 Å². The quantitative estimate of drug-likeness (QED) is 0.0454. The molecule has 5 nitrogen and oxygen atoms in total. The largest absolute Gasteiger partial charge is 0.462 e. The molecule has 1 N–H and O–H groups in total. The molecule has 1 atom stereocenters. The molecule has 0 fully saturated rings. The number of hydrogen-bond donors (Lipinski definition) is 1. The molecule has 0 aliphatic rings. The number of unbranched alkanes of at least 4 members (excludes halogenated alkanes) is 5. The van der Waals surface area contributed by atoms with Crippen molar-refractivity contribution in [2.75, 3.05) is 13.2 Å². The van der Waals surface area contributed by atoms with Crippen molar-refractivity contribution in [2.45, 2.75) is 136 Å². The van der Waals surface area contributed by atoms with Crippen LogP contribution in [0.2, 0.25) is 0 Å². The van der Waals surface area contributed by atoms with E-state index in [1.165, 1.54) is 25.7 Å². The molecule has 0 aromatic heterocycles. The summed E-state index contributed by atoms with van der Waals surface area (Å²) in [6, 6.07) is 0. The zero-order chi connectivity index (χ0) is 35.0. The highest BCUT2D eigenvalue weighted by atomic mass is 16.6. The lowest BCUT2D eigenvalue weighted by Gasteiger charge is -2.15. The van der Waals surface area contributed by atoms with Crippen LogP contribution < -0.4 is 0 Å². The average molecular weight is 663 g/mol. The average Bonchev–Trinajstić information content (AvgIpc) is 3.09. The van der Waals surface area contributed by atoms with E-state index in [9.17, 15) is 14.7 Å². The molecular formula is C43H66O5. The maximum Gasteiger partial charge on any atom is 0.306 e. The lowest BCUT2D eigenvalue weighted by atomic mass is 10.2. The number of carbonyl (C=O) groups is 2. The third-order valence-electron chi connectivity index (χ3n) is 7.05. The highest BCUT2D eigenvalue weighted by Gasteiger charge is 2.15. The number of allylic oxidation sites excluding steroid dienone is 18. The molecular weight excluding hydrogens is 596 g/mol. The molecule has 0 bridgehead atoms. The van der Waals surface area contributed by atoms with E-state index < -0.39 is 12.1 Å². The first-order valence-electron chi connectivity index (χ1n) is 18.4. The van der Waals surface area contributed by atoms with E-state index in [1.807, 2.05) is 0 Å². The Hall–Kier alpha value is -3.44. The van der Waals surface area contributed by atoms with Crippen LogP contribution in [-0.4, -0.2) is 36.4 Å². The monoisotopic (exact) mass is 662 g/mol. The molecule has 0 rings (SSSR count). The van der Waals surface area contributed by atoms with Gasteiger partial charge in [0.2, 0.25) is 0 Å². The van der Waals surface area contributed by atoms with E-state index in [0.29, 0.717) is 12.8 Å². The SMILES string of the molecule is CC/C=C\C/C=C\C/C=C\C/C=C\C/C=C\CCCC(=O)O[C@@H](CO)COC(=O)CCC/C=C\C/C=C\C/C=C\C/C=C\CCCCC. The van der Waals surface area contributed by atoms with Gasteiger partial charge in [-0.1, -0.05) is 136 Å². The molecule has 0 aromatic rings. The van der Waals surface area contributed by atoms with Crippen molar-refractivity contribution in [1.82, 2.24) is 0 Å². The zero-order valence-corrected chi connectivity index (χ0v) is 30.2. The second-order valence-electron chi connectivity index (χ2n) is 11.6. The molecule has 0 aromatic carbocycles. The van der Waals surface area contributed by atoms with Crippen molar-refractivity contribution >= 4 is 11.9 Å². The van der Waals surface area contributed by atoms with Crippen LogP contribution in [0.3, 0.4) is 0 Å². The molecule has 0 amide bonds. The van der Waals surface area contributed by atoms with Gasteiger partial charge in [0, 0.05) is 12.8 Å². The minimum atomic E-state index is -0.830. The number of carbonyl (C=O) groups excluding carboxylic acids is 2. The number of rotatable bonds is 31. The first-order chi connectivity index (χ1) is 23.6. The standard InChI is InChI=1S/C43H66O5/c1-3-5-7-9-11-13-15-17-19-21-23-25-27-29-31-33-35-37-42(45)47-40-41(39-44)48-43(46)38-36-34-32-30-28-26-24-22-20-18-16-14-12-10-8-6-4-2/h6,8,11-14,17-20,23-26,29-32,41,44H,3-5,7,9-10,15-16,21-22,27-28,33-40H2,1-2H3/b8-6-,13-11-,14-12-,19-17-,20-18-,25-23-,26-24-,31-29-,32-30-/t41-/m0/s1. The number of esters is 2. The summed E-state index contributed by atoms with van der Waals surface area (Å²) in [6.45, 7) is 3.87. The van der Waals surface area contributed by atoms with E-state index in [4.69, 9.17) is 9.47 Å². The maximum atomic E-state index is 12.1. The van der Waals surface area contributed by atoms with Gasteiger partial charge in [-0.3, -0.25) is 9.59 Å². The van der Waals surface area contributed by atoms with Gasteiger partial charge in [-0.05, 0) is 89.9 Å². The van der Waals surface area contributed by atoms with E-state index >= 15 is 0 Å². The van der Waals surface area contributed by atoms with Crippen LogP contribution in [-0.2, 0) is 19.1 Å². The summed E-state index contributed by atoms with van der Waals surface area (Å²) in [6.07, 6.45) is 54.4. The van der Waals surface area contributed by atoms with Gasteiger partial charge in [0.25, 0.3) is 0 Å². The summed E-state index contributed by atoms with van der Waals surface area (Å²) >= 11 is 0. The Morgan fingerprint density at radius 2 is 0.875 bits per heavy atom. The molecule has 0 radical (unpaired) electrons. The minimum absolute atomic E-state index is 0.125. The zero-order valence-electron chi connectivity index (χ0n) is 30.2. The molecule has 0 saturated heterocycles. The Balaban J connectivity index is 3.82. The molecule has 268 valence electrons. The van der Waals surface area contributed by atoms with Gasteiger partial charge in [-0.15, -0.1) is 0 Å². The van der Waals surface area contributed by atoms with E-state index in [0.717, 1.165) is 64.2 Å². The van der Waals surface area contributed by atoms with Gasteiger partial charge in [0.1, 0.15) is 6.61 Å². The molecule has 0 aliphatic heterocycles.